The Balaban J connectivity index is 0.000000144. The number of ether oxygens (including phenoxy) is 6. The number of anilines is 5. The molecule has 4 heterocycles. The third-order valence-electron chi connectivity index (χ3n) is 10.7. The van der Waals surface area contributed by atoms with Gasteiger partial charge in [-0.05, 0) is 126 Å². The Hall–Kier alpha value is -7.00. The summed E-state index contributed by atoms with van der Waals surface area (Å²) >= 11 is 3.30. The van der Waals surface area contributed by atoms with E-state index < -0.39 is 10.8 Å². The number of methoxy groups -OCH3 is 2. The summed E-state index contributed by atoms with van der Waals surface area (Å²) in [4.78, 5) is 34.6. The SMILES string of the molecule is COc1ccccc1N.COc1ccccc1Nc1cccc(NC(=O)C2(c3ccc4c(c3)OCO4)CC2)n1.O=C(Nc1cccc(Br)n1)C1(c2ccc3c(c2)OCO3)CC1. The lowest BCUT2D eigenvalue weighted by molar-refractivity contribution is -0.119. The Labute approximate surface area is 360 Å². The summed E-state index contributed by atoms with van der Waals surface area (Å²) in [7, 11) is 3.22. The monoisotopic (exact) mass is 886 g/mol. The molecular weight excluding hydrogens is 844 g/mol. The number of nitrogen functional groups attached to an aromatic ring is 1. The number of aromatic nitrogens is 2. The van der Waals surface area contributed by atoms with Crippen molar-refractivity contribution in [3.8, 4) is 34.5 Å². The quantitative estimate of drug-likeness (QED) is 0.0761. The Morgan fingerprint density at radius 1 is 0.590 bits per heavy atom. The van der Waals surface area contributed by atoms with Crippen LogP contribution in [0.4, 0.5) is 28.8 Å². The number of carbonyl (C=O) groups is 2. The molecule has 4 aromatic carbocycles. The van der Waals surface area contributed by atoms with Gasteiger partial charge in [0.25, 0.3) is 0 Å². The number of benzene rings is 4. The molecule has 2 amide bonds. The van der Waals surface area contributed by atoms with Crippen molar-refractivity contribution >= 4 is 56.6 Å². The van der Waals surface area contributed by atoms with Gasteiger partial charge in [-0.2, -0.15) is 0 Å². The number of halogens is 1. The minimum absolute atomic E-state index is 0.0306. The van der Waals surface area contributed by atoms with Crippen LogP contribution >= 0.6 is 15.9 Å². The summed E-state index contributed by atoms with van der Waals surface area (Å²) in [6.07, 6.45) is 3.23. The fraction of sp³-hybridized carbons (Fsp3) is 0.217. The van der Waals surface area contributed by atoms with E-state index in [4.69, 9.17) is 34.2 Å². The predicted molar refractivity (Wildman–Crippen MR) is 234 cm³/mol. The second kappa shape index (κ2) is 17.7. The number of hydrogen-bond donors (Lipinski definition) is 4. The van der Waals surface area contributed by atoms with Gasteiger partial charge in [0.05, 0.1) is 36.4 Å². The zero-order chi connectivity index (χ0) is 42.4. The fourth-order valence-corrected chi connectivity index (χ4v) is 7.35. The number of amides is 2. The third kappa shape index (κ3) is 9.11. The van der Waals surface area contributed by atoms with E-state index in [0.717, 1.165) is 54.0 Å². The molecule has 2 aliphatic carbocycles. The third-order valence-corrected chi connectivity index (χ3v) is 11.1. The maximum absolute atomic E-state index is 13.1. The molecule has 312 valence electrons. The standard InChI is InChI=1S/C23H21N3O4.C16H13BrN2O3.C7H9NO/c1-28-17-6-3-2-5-16(17)24-20-7-4-8-21(25-20)26-22(27)23(11-12-23)15-9-10-18-19(13-15)30-14-29-18;17-13-2-1-3-14(18-13)19-15(20)16(6-7-16)10-4-5-11-12(8-10)22-9-21-11;1-9-7-5-3-2-4-6(7)8/h2-10,13H,11-12,14H2,1H3,(H2,24,25,26,27);1-5,8H,6-7,9H2,(H,18,19,20);2-5H,8H2,1H3. The molecule has 61 heavy (non-hydrogen) atoms. The molecule has 2 aliphatic heterocycles. The Bertz CT molecular complexity index is 2560. The summed E-state index contributed by atoms with van der Waals surface area (Å²) in [5.41, 5.74) is 7.86. The maximum Gasteiger partial charge on any atom is 0.236 e. The van der Waals surface area contributed by atoms with Gasteiger partial charge in [0.1, 0.15) is 33.6 Å². The van der Waals surface area contributed by atoms with E-state index in [9.17, 15) is 9.59 Å². The molecule has 2 saturated carbocycles. The van der Waals surface area contributed by atoms with E-state index in [1.54, 1.807) is 32.4 Å². The molecule has 2 aromatic heterocycles. The molecule has 14 nitrogen and oxygen atoms in total. The van der Waals surface area contributed by atoms with Crippen molar-refractivity contribution in [2.75, 3.05) is 49.5 Å². The molecule has 0 atom stereocenters. The van der Waals surface area contributed by atoms with E-state index in [1.165, 1.54) is 0 Å². The summed E-state index contributed by atoms with van der Waals surface area (Å²) in [6, 6.07) is 37.3. The van der Waals surface area contributed by atoms with Crippen LogP contribution in [0.2, 0.25) is 0 Å². The topological polar surface area (TPSA) is 177 Å². The molecule has 5 N–H and O–H groups in total. The van der Waals surface area contributed by atoms with Crippen molar-refractivity contribution in [2.45, 2.75) is 36.5 Å². The molecule has 4 aliphatic rings. The first-order chi connectivity index (χ1) is 29.7. The molecule has 0 saturated heterocycles. The van der Waals surface area contributed by atoms with Gasteiger partial charge in [-0.3, -0.25) is 9.59 Å². The Morgan fingerprint density at radius 2 is 1.08 bits per heavy atom. The van der Waals surface area contributed by atoms with Crippen LogP contribution in [0, 0.1) is 0 Å². The zero-order valence-corrected chi connectivity index (χ0v) is 35.0. The number of hydrogen-bond acceptors (Lipinski definition) is 12. The number of nitrogens with two attached hydrogens (primary N) is 1. The van der Waals surface area contributed by atoms with Gasteiger partial charge in [0, 0.05) is 0 Å². The van der Waals surface area contributed by atoms with Crippen molar-refractivity contribution in [3.63, 3.8) is 0 Å². The number of fused-ring (bicyclic) bond motifs is 2. The molecule has 15 heteroatoms. The Morgan fingerprint density at radius 3 is 1.61 bits per heavy atom. The second-order valence-electron chi connectivity index (χ2n) is 14.5. The second-order valence-corrected chi connectivity index (χ2v) is 15.3. The van der Waals surface area contributed by atoms with E-state index in [-0.39, 0.29) is 25.4 Å². The Kier molecular flexibility index (Phi) is 11.8. The minimum Gasteiger partial charge on any atom is -0.495 e. The highest BCUT2D eigenvalue weighted by Crippen LogP contribution is 2.52. The molecule has 0 bridgehead atoms. The van der Waals surface area contributed by atoms with Gasteiger partial charge >= 0.3 is 0 Å². The average Bonchev–Trinajstić information content (AvgIpc) is 4.17. The highest BCUT2D eigenvalue weighted by molar-refractivity contribution is 9.10. The summed E-state index contributed by atoms with van der Waals surface area (Å²) in [5.74, 6) is 5.85. The molecule has 6 aromatic rings. The van der Waals surface area contributed by atoms with Crippen LogP contribution in [-0.4, -0.2) is 49.6 Å². The number of rotatable bonds is 10. The number of nitrogens with zero attached hydrogens (tertiary/aromatic N) is 2. The van der Waals surface area contributed by atoms with Crippen LogP contribution in [0.15, 0.2) is 126 Å². The normalized spacial score (nSPS) is 15.1. The lowest BCUT2D eigenvalue weighted by atomic mass is 9.94. The fourth-order valence-electron chi connectivity index (χ4n) is 7.01. The molecular formula is C46H43BrN6O8. The van der Waals surface area contributed by atoms with Crippen LogP contribution in [0.25, 0.3) is 0 Å². The molecule has 0 unspecified atom stereocenters. The van der Waals surface area contributed by atoms with Crippen LogP contribution in [0.3, 0.4) is 0 Å². The van der Waals surface area contributed by atoms with E-state index in [2.05, 4.69) is 41.8 Å². The minimum atomic E-state index is -0.547. The molecule has 0 radical (unpaired) electrons. The van der Waals surface area contributed by atoms with E-state index in [1.807, 2.05) is 103 Å². The number of nitrogens with one attached hydrogen (secondary N) is 3. The molecule has 0 spiro atoms. The highest BCUT2D eigenvalue weighted by atomic mass is 79.9. The van der Waals surface area contributed by atoms with Crippen LogP contribution < -0.4 is 50.1 Å². The van der Waals surface area contributed by atoms with Crippen molar-refractivity contribution in [1.29, 1.82) is 0 Å². The lowest BCUT2D eigenvalue weighted by Crippen LogP contribution is -2.28. The zero-order valence-electron chi connectivity index (χ0n) is 33.4. The molecule has 10 rings (SSSR count). The smallest absolute Gasteiger partial charge is 0.236 e. The van der Waals surface area contributed by atoms with Crippen LogP contribution in [-0.2, 0) is 20.4 Å². The molecule has 2 fully saturated rings. The van der Waals surface area contributed by atoms with E-state index >= 15 is 0 Å². The van der Waals surface area contributed by atoms with Gasteiger partial charge in [-0.1, -0.05) is 48.5 Å². The first kappa shape index (κ1) is 40.8. The van der Waals surface area contributed by atoms with Gasteiger partial charge in [0.2, 0.25) is 25.4 Å². The first-order valence-corrected chi connectivity index (χ1v) is 20.3. The predicted octanol–water partition coefficient (Wildman–Crippen LogP) is 8.75. The lowest BCUT2D eigenvalue weighted by Gasteiger charge is -2.16. The van der Waals surface area contributed by atoms with Crippen LogP contribution in [0.1, 0.15) is 36.8 Å². The van der Waals surface area contributed by atoms with Gasteiger partial charge in [0.15, 0.2) is 23.0 Å². The van der Waals surface area contributed by atoms with Crippen LogP contribution in [0.5, 0.6) is 34.5 Å². The van der Waals surface area contributed by atoms with Crippen molar-refractivity contribution in [3.05, 3.63) is 137 Å². The van der Waals surface area contributed by atoms with Crippen molar-refractivity contribution in [1.82, 2.24) is 9.97 Å². The van der Waals surface area contributed by atoms with Gasteiger partial charge < -0.3 is 50.1 Å². The van der Waals surface area contributed by atoms with Crippen molar-refractivity contribution < 1.29 is 38.0 Å². The highest BCUT2D eigenvalue weighted by Gasteiger charge is 2.52. The first-order valence-electron chi connectivity index (χ1n) is 19.5. The largest absolute Gasteiger partial charge is 0.495 e. The maximum atomic E-state index is 13.1. The number of pyridine rings is 2. The average molecular weight is 888 g/mol. The van der Waals surface area contributed by atoms with Gasteiger partial charge in [-0.15, -0.1) is 0 Å². The summed E-state index contributed by atoms with van der Waals surface area (Å²) in [6.45, 7) is 0.452. The summed E-state index contributed by atoms with van der Waals surface area (Å²) < 4.78 is 32.5. The summed E-state index contributed by atoms with van der Waals surface area (Å²) in [5, 5.41) is 9.11. The number of para-hydroxylation sites is 4. The van der Waals surface area contributed by atoms with Crippen molar-refractivity contribution in [2.24, 2.45) is 0 Å². The van der Waals surface area contributed by atoms with E-state index in [0.29, 0.717) is 50.7 Å². The van der Waals surface area contributed by atoms with Gasteiger partial charge in [-0.25, -0.2) is 9.97 Å². The number of carbonyl (C=O) groups excluding carboxylic acids is 2.